The number of halogens is 2. The Hall–Kier alpha value is -3.41. The number of nitrogens with zero attached hydrogens (tertiary/aromatic N) is 1. The number of anilines is 2. The molecule has 4 atom stereocenters. The van der Waals surface area contributed by atoms with Crippen molar-refractivity contribution in [3.05, 3.63) is 99.5 Å². The number of para-hydroxylation sites is 1. The van der Waals surface area contributed by atoms with Crippen molar-refractivity contribution in [3.8, 4) is 0 Å². The Morgan fingerprint density at radius 2 is 1.69 bits per heavy atom. The minimum absolute atomic E-state index is 0.187. The van der Waals surface area contributed by atoms with Crippen LogP contribution in [0.2, 0.25) is 10.0 Å². The molecule has 35 heavy (non-hydrogen) atoms. The van der Waals surface area contributed by atoms with E-state index in [4.69, 9.17) is 23.2 Å². The fraction of sp³-hybridized carbons (Fsp3) is 0.179. The first-order valence-electron chi connectivity index (χ1n) is 11.3. The standard InChI is InChI=1S/C28H20Cl2N2O3/c1-15(33)25-24(26(34)16-6-9-18(29)10-7-16)28(20-4-2-3-5-21(20)31-27(28)35)23-13-8-17-14-19(30)11-12-22(17)32(23)25/h2-14,23-25H,1H3,(H,31,35)/t23-,24-,25-,28+/m0/s1. The summed E-state index contributed by atoms with van der Waals surface area (Å²) in [6, 6.07) is 18.0. The molecule has 1 fully saturated rings. The van der Waals surface area contributed by atoms with Crippen LogP contribution in [0, 0.1) is 5.92 Å². The first-order chi connectivity index (χ1) is 16.8. The van der Waals surface area contributed by atoms with Crippen LogP contribution in [0.5, 0.6) is 0 Å². The first-order valence-corrected chi connectivity index (χ1v) is 12.1. The second kappa shape index (κ2) is 7.80. The van der Waals surface area contributed by atoms with Gasteiger partial charge in [-0.25, -0.2) is 0 Å². The molecule has 3 heterocycles. The Morgan fingerprint density at radius 1 is 0.971 bits per heavy atom. The molecular weight excluding hydrogens is 483 g/mol. The van der Waals surface area contributed by atoms with Gasteiger partial charge in [0, 0.05) is 27.0 Å². The molecule has 1 saturated heterocycles. The van der Waals surface area contributed by atoms with E-state index in [-0.39, 0.29) is 17.5 Å². The highest BCUT2D eigenvalue weighted by Gasteiger charge is 2.69. The van der Waals surface area contributed by atoms with Crippen LogP contribution in [-0.2, 0) is 15.0 Å². The molecular formula is C28H20Cl2N2O3. The van der Waals surface area contributed by atoms with Gasteiger partial charge < -0.3 is 10.2 Å². The van der Waals surface area contributed by atoms with Crippen molar-refractivity contribution < 1.29 is 14.4 Å². The molecule has 7 heteroatoms. The van der Waals surface area contributed by atoms with Gasteiger partial charge in [-0.05, 0) is 66.6 Å². The number of rotatable bonds is 3. The van der Waals surface area contributed by atoms with Crippen LogP contribution in [0.4, 0.5) is 11.4 Å². The van der Waals surface area contributed by atoms with Crippen molar-refractivity contribution in [1.29, 1.82) is 0 Å². The molecule has 3 aliphatic rings. The summed E-state index contributed by atoms with van der Waals surface area (Å²) in [6.45, 7) is 1.48. The molecule has 0 saturated carbocycles. The summed E-state index contributed by atoms with van der Waals surface area (Å²) in [6.07, 6.45) is 3.84. The lowest BCUT2D eigenvalue weighted by Crippen LogP contribution is -2.51. The Labute approximate surface area is 212 Å². The van der Waals surface area contributed by atoms with Gasteiger partial charge in [-0.15, -0.1) is 0 Å². The highest BCUT2D eigenvalue weighted by Crippen LogP contribution is 2.57. The molecule has 1 amide bonds. The summed E-state index contributed by atoms with van der Waals surface area (Å²) in [5.74, 6) is -1.70. The van der Waals surface area contributed by atoms with Crippen LogP contribution in [0.15, 0.2) is 72.8 Å². The van der Waals surface area contributed by atoms with Crippen LogP contribution in [0.25, 0.3) is 6.08 Å². The third kappa shape index (κ3) is 2.98. The Bertz CT molecular complexity index is 1450. The Kier molecular flexibility index (Phi) is 4.92. The topological polar surface area (TPSA) is 66.5 Å². The third-order valence-corrected chi connectivity index (χ3v) is 7.91. The number of hydrogen-bond donors (Lipinski definition) is 1. The maximum atomic E-state index is 14.3. The minimum atomic E-state index is -1.29. The van der Waals surface area contributed by atoms with E-state index in [0.29, 0.717) is 21.3 Å². The molecule has 1 spiro atoms. The van der Waals surface area contributed by atoms with Gasteiger partial charge in [0.1, 0.15) is 5.41 Å². The number of amides is 1. The van der Waals surface area contributed by atoms with Gasteiger partial charge in [0.2, 0.25) is 5.91 Å². The highest BCUT2D eigenvalue weighted by atomic mass is 35.5. The predicted octanol–water partition coefficient (Wildman–Crippen LogP) is 5.56. The van der Waals surface area contributed by atoms with E-state index in [0.717, 1.165) is 16.8 Å². The predicted molar refractivity (Wildman–Crippen MR) is 137 cm³/mol. The number of benzene rings is 3. The van der Waals surface area contributed by atoms with Crippen molar-refractivity contribution in [3.63, 3.8) is 0 Å². The summed E-state index contributed by atoms with van der Waals surface area (Å²) in [7, 11) is 0. The number of carbonyl (C=O) groups excluding carboxylic acids is 3. The van der Waals surface area contributed by atoms with Gasteiger partial charge in [-0.2, -0.15) is 0 Å². The van der Waals surface area contributed by atoms with Crippen LogP contribution >= 0.6 is 23.2 Å². The van der Waals surface area contributed by atoms with E-state index in [9.17, 15) is 14.4 Å². The second-order valence-corrected chi connectivity index (χ2v) is 10.1. The molecule has 0 aromatic heterocycles. The molecule has 3 aromatic rings. The van der Waals surface area contributed by atoms with E-state index in [2.05, 4.69) is 5.32 Å². The zero-order chi connectivity index (χ0) is 24.5. The Balaban J connectivity index is 1.65. The molecule has 3 aromatic carbocycles. The van der Waals surface area contributed by atoms with E-state index < -0.39 is 23.4 Å². The van der Waals surface area contributed by atoms with Crippen molar-refractivity contribution in [2.24, 2.45) is 5.92 Å². The van der Waals surface area contributed by atoms with Gasteiger partial charge in [0.25, 0.3) is 0 Å². The van der Waals surface area contributed by atoms with Crippen LogP contribution in [0.1, 0.15) is 28.4 Å². The summed E-state index contributed by atoms with van der Waals surface area (Å²) in [5.41, 5.74) is 2.09. The largest absolute Gasteiger partial charge is 0.352 e. The number of nitrogens with one attached hydrogen (secondary N) is 1. The van der Waals surface area contributed by atoms with E-state index in [1.807, 2.05) is 53.5 Å². The maximum Gasteiger partial charge on any atom is 0.238 e. The van der Waals surface area contributed by atoms with Crippen LogP contribution in [0.3, 0.4) is 0 Å². The van der Waals surface area contributed by atoms with Gasteiger partial charge >= 0.3 is 0 Å². The van der Waals surface area contributed by atoms with E-state index in [1.165, 1.54) is 6.92 Å². The second-order valence-electron chi connectivity index (χ2n) is 9.19. The van der Waals surface area contributed by atoms with Crippen molar-refractivity contribution in [1.82, 2.24) is 0 Å². The molecule has 0 aliphatic carbocycles. The minimum Gasteiger partial charge on any atom is -0.352 e. The lowest BCUT2D eigenvalue weighted by molar-refractivity contribution is -0.122. The van der Waals surface area contributed by atoms with Gasteiger partial charge in [0.05, 0.1) is 18.0 Å². The van der Waals surface area contributed by atoms with Gasteiger partial charge in [0.15, 0.2) is 11.6 Å². The lowest BCUT2D eigenvalue weighted by atomic mass is 9.64. The number of Topliss-reactive ketones (excluding diaryl/α,β-unsaturated/α-hetero) is 2. The summed E-state index contributed by atoms with van der Waals surface area (Å²) >= 11 is 12.3. The van der Waals surface area contributed by atoms with Crippen molar-refractivity contribution >= 4 is 58.1 Å². The molecule has 1 N–H and O–H groups in total. The number of fused-ring (bicyclic) bond motifs is 6. The lowest BCUT2D eigenvalue weighted by Gasteiger charge is -2.37. The van der Waals surface area contributed by atoms with Crippen LogP contribution < -0.4 is 10.2 Å². The number of ketones is 2. The smallest absolute Gasteiger partial charge is 0.238 e. The summed E-state index contributed by atoms with van der Waals surface area (Å²) < 4.78 is 0. The fourth-order valence-corrected chi connectivity index (χ4v) is 6.40. The average Bonchev–Trinajstić information content (AvgIpc) is 3.32. The average molecular weight is 503 g/mol. The molecule has 3 aliphatic heterocycles. The highest BCUT2D eigenvalue weighted by molar-refractivity contribution is 6.31. The quantitative estimate of drug-likeness (QED) is 0.476. The molecule has 0 radical (unpaired) electrons. The fourth-order valence-electron chi connectivity index (χ4n) is 6.10. The monoisotopic (exact) mass is 502 g/mol. The number of carbonyl (C=O) groups is 3. The molecule has 0 unspecified atom stereocenters. The summed E-state index contributed by atoms with van der Waals surface area (Å²) in [4.78, 5) is 43.5. The van der Waals surface area contributed by atoms with E-state index >= 15 is 0 Å². The van der Waals surface area contributed by atoms with E-state index in [1.54, 1.807) is 30.3 Å². The van der Waals surface area contributed by atoms with Crippen molar-refractivity contribution in [2.45, 2.75) is 24.4 Å². The molecule has 5 nitrogen and oxygen atoms in total. The zero-order valence-electron chi connectivity index (χ0n) is 18.7. The molecule has 0 bridgehead atoms. The van der Waals surface area contributed by atoms with Gasteiger partial charge in [-0.3, -0.25) is 14.4 Å². The molecule has 174 valence electrons. The maximum absolute atomic E-state index is 14.3. The SMILES string of the molecule is CC(=O)[C@H]1[C@@H](C(=O)c2ccc(Cl)cc2)[C@]2(C(=O)Nc3ccccc32)[C@@H]2C=Cc3cc(Cl)ccc3N21. The van der Waals surface area contributed by atoms with Crippen molar-refractivity contribution in [2.75, 3.05) is 10.2 Å². The zero-order valence-corrected chi connectivity index (χ0v) is 20.2. The number of hydrogen-bond acceptors (Lipinski definition) is 4. The molecule has 6 rings (SSSR count). The normalized spacial score (nSPS) is 25.7. The van der Waals surface area contributed by atoms with Crippen LogP contribution in [-0.4, -0.2) is 29.6 Å². The Morgan fingerprint density at radius 3 is 2.43 bits per heavy atom. The first kappa shape index (κ1) is 22.1. The van der Waals surface area contributed by atoms with Gasteiger partial charge in [-0.1, -0.05) is 53.6 Å². The third-order valence-electron chi connectivity index (χ3n) is 7.42. The summed E-state index contributed by atoms with van der Waals surface area (Å²) in [5, 5.41) is 4.06.